The topological polar surface area (TPSA) is 164 Å². The Kier molecular flexibility index (Phi) is 9.53. The van der Waals surface area contributed by atoms with Crippen LogP contribution >= 0.6 is 15.9 Å². The second kappa shape index (κ2) is 15.2. The lowest BCUT2D eigenvalue weighted by atomic mass is 9.72. The van der Waals surface area contributed by atoms with Gasteiger partial charge >= 0.3 is 0 Å². The fourth-order valence-electron chi connectivity index (χ4n) is 8.67. The maximum Gasteiger partial charge on any atom is 0.260 e. The molecule has 0 fully saturated rings. The van der Waals surface area contributed by atoms with E-state index in [4.69, 9.17) is 14.3 Å². The molecular formula is C48H35BrN6O7. The van der Waals surface area contributed by atoms with Crippen molar-refractivity contribution in [3.05, 3.63) is 201 Å². The lowest BCUT2D eigenvalue weighted by Gasteiger charge is -2.38. The molecule has 7 aromatic rings. The van der Waals surface area contributed by atoms with Gasteiger partial charge in [-0.3, -0.25) is 19.1 Å². The first-order chi connectivity index (χ1) is 30.1. The van der Waals surface area contributed by atoms with Crippen LogP contribution in [0.3, 0.4) is 0 Å². The molecule has 2 N–H and O–H groups in total. The molecule has 2 aromatic heterocycles. The molecule has 13 nitrogen and oxygen atoms in total. The summed E-state index contributed by atoms with van der Waals surface area (Å²) < 4.78 is 14.8. The third-order valence-electron chi connectivity index (χ3n) is 11.4. The Morgan fingerprint density at radius 3 is 2.26 bits per heavy atom. The zero-order valence-corrected chi connectivity index (χ0v) is 34.3. The predicted octanol–water partition coefficient (Wildman–Crippen LogP) is 7.62. The zero-order chi connectivity index (χ0) is 42.6. The predicted molar refractivity (Wildman–Crippen MR) is 235 cm³/mol. The van der Waals surface area contributed by atoms with Gasteiger partial charge in [-0.05, 0) is 59.7 Å². The summed E-state index contributed by atoms with van der Waals surface area (Å²) in [4.78, 5) is 42.9. The Hall–Kier alpha value is -7.42. The van der Waals surface area contributed by atoms with Crippen molar-refractivity contribution in [3.8, 4) is 11.5 Å². The number of ketones is 1. The second-order valence-corrected chi connectivity index (χ2v) is 16.1. The van der Waals surface area contributed by atoms with Crippen LogP contribution in [0.5, 0.6) is 11.5 Å². The van der Waals surface area contributed by atoms with E-state index in [0.717, 1.165) is 44.3 Å². The standard InChI is InChI=1S/C48H35BrN6O7/c49-32-16-17-37-38(24-32)54(46(60)48(37)44(30-10-4-1-5-11-30)45(31-12-6-2-7-13-31)51-55(48)34-14-8-3-9-15-34)23-22-53-28-33(50-52-53)29-61-47(20-18-35(56)19-21-47)42-27-40(59)43-39(58)25-36(57)26-41(43)62-42/h1-21,24-28,44,57-58H,22-23,29H2. The summed E-state index contributed by atoms with van der Waals surface area (Å²) in [5.41, 5.74) is 1.94. The third kappa shape index (κ3) is 6.42. The number of halogens is 1. The SMILES string of the molecule is O=C1C=CC(OCc2cn(CCN3C(=O)C4(c5ccc(Br)cc53)C(c3ccccc3)C(c3ccccc3)=NN4c3ccccc3)nn2)(c2cc(=O)c3c(O)cc(O)cc3o2)C=C1. The molecule has 0 bridgehead atoms. The molecule has 62 heavy (non-hydrogen) atoms. The first kappa shape index (κ1) is 38.8. The van der Waals surface area contributed by atoms with E-state index < -0.39 is 28.2 Å². The van der Waals surface area contributed by atoms with E-state index in [1.54, 1.807) is 15.8 Å². The van der Waals surface area contributed by atoms with Crippen LogP contribution in [0.25, 0.3) is 11.0 Å². The first-order valence-electron chi connectivity index (χ1n) is 19.8. The number of hydrogen-bond donors (Lipinski definition) is 2. The number of carbonyl (C=O) groups is 2. The van der Waals surface area contributed by atoms with Gasteiger partial charge in [0.05, 0.1) is 42.4 Å². The number of aromatic nitrogens is 3. The number of hydrogen-bond acceptors (Lipinski definition) is 11. The summed E-state index contributed by atoms with van der Waals surface area (Å²) in [7, 11) is 0. The highest BCUT2D eigenvalue weighted by Gasteiger charge is 2.64. The number of phenolic OH excluding ortho intramolecular Hbond substituents is 2. The lowest BCUT2D eigenvalue weighted by Crippen LogP contribution is -2.53. The molecule has 2 unspecified atom stereocenters. The van der Waals surface area contributed by atoms with Crippen molar-refractivity contribution in [2.75, 3.05) is 16.5 Å². The summed E-state index contributed by atoms with van der Waals surface area (Å²) in [6.45, 7) is 0.375. The number of nitrogens with zero attached hydrogens (tertiary/aromatic N) is 6. The van der Waals surface area contributed by atoms with Crippen molar-refractivity contribution in [1.82, 2.24) is 15.0 Å². The Balaban J connectivity index is 0.974. The van der Waals surface area contributed by atoms with Crippen molar-refractivity contribution in [3.63, 3.8) is 0 Å². The van der Waals surface area contributed by atoms with E-state index in [9.17, 15) is 19.8 Å². The molecule has 2 atom stereocenters. The van der Waals surface area contributed by atoms with Crippen LogP contribution < -0.4 is 15.3 Å². The summed E-state index contributed by atoms with van der Waals surface area (Å²) in [5.74, 6) is -1.64. The molecule has 1 amide bonds. The Morgan fingerprint density at radius 2 is 1.52 bits per heavy atom. The number of aromatic hydroxyl groups is 2. The number of para-hydroxylation sites is 1. The van der Waals surface area contributed by atoms with Crippen LogP contribution in [0.1, 0.15) is 34.1 Å². The summed E-state index contributed by atoms with van der Waals surface area (Å²) in [5, 5.41) is 36.3. The smallest absolute Gasteiger partial charge is 0.260 e. The van der Waals surface area contributed by atoms with Gasteiger partial charge in [-0.2, -0.15) is 5.10 Å². The normalized spacial score (nSPS) is 18.9. The average molecular weight is 888 g/mol. The fraction of sp³-hybridized carbons (Fsp3) is 0.125. The van der Waals surface area contributed by atoms with Crippen molar-refractivity contribution in [2.45, 2.75) is 30.2 Å². The summed E-state index contributed by atoms with van der Waals surface area (Å²) in [6.07, 6.45) is 7.24. The number of anilines is 2. The zero-order valence-electron chi connectivity index (χ0n) is 32.7. The molecule has 2 aliphatic heterocycles. The van der Waals surface area contributed by atoms with Gasteiger partial charge in [0.25, 0.3) is 5.91 Å². The number of hydrazone groups is 1. The number of amides is 1. The Labute approximate surface area is 362 Å². The number of ether oxygens (including phenoxy) is 1. The van der Waals surface area contributed by atoms with Crippen LogP contribution in [0.4, 0.5) is 11.4 Å². The van der Waals surface area contributed by atoms with E-state index in [1.807, 2.05) is 102 Å². The van der Waals surface area contributed by atoms with Crippen molar-refractivity contribution < 1.29 is 29.0 Å². The minimum atomic E-state index is -1.51. The van der Waals surface area contributed by atoms with Crippen LogP contribution in [-0.4, -0.2) is 49.2 Å². The fourth-order valence-corrected chi connectivity index (χ4v) is 9.02. The highest BCUT2D eigenvalue weighted by Crippen LogP contribution is 2.58. The number of carbonyl (C=O) groups excluding carboxylic acids is 2. The van der Waals surface area contributed by atoms with Crippen LogP contribution in [0.2, 0.25) is 0 Å². The minimum Gasteiger partial charge on any atom is -0.508 e. The molecule has 0 saturated carbocycles. The van der Waals surface area contributed by atoms with Gasteiger partial charge in [-0.15, -0.1) is 5.10 Å². The minimum absolute atomic E-state index is 0.0170. The molecule has 1 aliphatic carbocycles. The van der Waals surface area contributed by atoms with Gasteiger partial charge in [0.2, 0.25) is 0 Å². The average Bonchev–Trinajstić information content (AvgIpc) is 3.96. The first-order valence-corrected chi connectivity index (χ1v) is 20.6. The molecule has 306 valence electrons. The number of benzene rings is 5. The molecule has 1 spiro atoms. The monoisotopic (exact) mass is 886 g/mol. The van der Waals surface area contributed by atoms with Gasteiger partial charge < -0.3 is 24.3 Å². The largest absolute Gasteiger partial charge is 0.508 e. The Morgan fingerprint density at radius 1 is 0.806 bits per heavy atom. The van der Waals surface area contributed by atoms with Gasteiger partial charge in [0, 0.05) is 34.8 Å². The lowest BCUT2D eigenvalue weighted by molar-refractivity contribution is -0.123. The molecule has 0 saturated heterocycles. The third-order valence-corrected chi connectivity index (χ3v) is 11.9. The maximum atomic E-state index is 15.7. The number of allylic oxidation sites excluding steroid dienone is 2. The highest BCUT2D eigenvalue weighted by molar-refractivity contribution is 9.10. The van der Waals surface area contributed by atoms with Crippen molar-refractivity contribution >= 4 is 55.7 Å². The maximum absolute atomic E-state index is 15.7. The van der Waals surface area contributed by atoms with Gasteiger partial charge in [0.15, 0.2) is 22.4 Å². The van der Waals surface area contributed by atoms with E-state index in [2.05, 4.69) is 38.4 Å². The second-order valence-electron chi connectivity index (χ2n) is 15.2. The molecule has 5 aromatic carbocycles. The van der Waals surface area contributed by atoms with Crippen molar-refractivity contribution in [2.24, 2.45) is 5.10 Å². The number of fused-ring (bicyclic) bond motifs is 3. The molecule has 10 rings (SSSR count). The van der Waals surface area contributed by atoms with E-state index in [0.29, 0.717) is 5.69 Å². The highest BCUT2D eigenvalue weighted by atomic mass is 79.9. The summed E-state index contributed by atoms with van der Waals surface area (Å²) in [6, 6.07) is 39.2. The van der Waals surface area contributed by atoms with Gasteiger partial charge in [-0.1, -0.05) is 106 Å². The van der Waals surface area contributed by atoms with Crippen molar-refractivity contribution in [1.29, 1.82) is 0 Å². The molecule has 3 aliphatic rings. The molecule has 0 radical (unpaired) electrons. The van der Waals surface area contributed by atoms with Crippen LogP contribution in [0, 0.1) is 0 Å². The van der Waals surface area contributed by atoms with Crippen LogP contribution in [0.15, 0.2) is 177 Å². The number of phenols is 2. The summed E-state index contributed by atoms with van der Waals surface area (Å²) >= 11 is 3.68. The van der Waals surface area contributed by atoms with E-state index >= 15 is 4.79 Å². The molecule has 14 heteroatoms. The van der Waals surface area contributed by atoms with Gasteiger partial charge in [-0.25, -0.2) is 5.01 Å². The van der Waals surface area contributed by atoms with E-state index in [-0.39, 0.29) is 53.9 Å². The molecule has 4 heterocycles. The van der Waals surface area contributed by atoms with Crippen LogP contribution in [-0.2, 0) is 38.6 Å². The quantitative estimate of drug-likeness (QED) is 0.140. The molecular weight excluding hydrogens is 852 g/mol. The van der Waals surface area contributed by atoms with E-state index in [1.165, 1.54) is 36.4 Å². The van der Waals surface area contributed by atoms with Gasteiger partial charge in [0.1, 0.15) is 33.9 Å². The Bertz CT molecular complexity index is 3040. The number of rotatable bonds is 10.